The number of aromatic nitrogens is 1. The Labute approximate surface area is 191 Å². The molecule has 1 aliphatic heterocycles. The van der Waals surface area contributed by atoms with Gasteiger partial charge in [0, 0.05) is 28.7 Å². The highest BCUT2D eigenvalue weighted by atomic mass is 32.2. The zero-order chi connectivity index (χ0) is 23.6. The number of hydrogen-bond acceptors (Lipinski definition) is 7. The summed E-state index contributed by atoms with van der Waals surface area (Å²) in [6.45, 7) is 3.56. The predicted molar refractivity (Wildman–Crippen MR) is 120 cm³/mol. The van der Waals surface area contributed by atoms with Gasteiger partial charge in [0.15, 0.2) is 18.1 Å². The van der Waals surface area contributed by atoms with Gasteiger partial charge in [0.25, 0.3) is 0 Å². The molecule has 174 valence electrons. The van der Waals surface area contributed by atoms with Crippen LogP contribution >= 0.6 is 0 Å². The zero-order valence-corrected chi connectivity index (χ0v) is 19.0. The van der Waals surface area contributed by atoms with Crippen molar-refractivity contribution in [2.24, 2.45) is 5.92 Å². The van der Waals surface area contributed by atoms with Gasteiger partial charge >= 0.3 is 5.97 Å². The van der Waals surface area contributed by atoms with Crippen molar-refractivity contribution in [2.75, 3.05) is 19.8 Å². The Kier molecular flexibility index (Phi) is 6.39. The number of ketones is 1. The minimum Gasteiger partial charge on any atom is -0.486 e. The third kappa shape index (κ3) is 4.86. The van der Waals surface area contributed by atoms with Gasteiger partial charge in [-0.05, 0) is 24.1 Å². The van der Waals surface area contributed by atoms with Crippen LogP contribution in [0, 0.1) is 5.92 Å². The smallest absolute Gasteiger partial charge is 0.324 e. The minimum absolute atomic E-state index is 0.0694. The van der Waals surface area contributed by atoms with Crippen LogP contribution in [-0.4, -0.2) is 51.0 Å². The maximum atomic E-state index is 12.9. The molecule has 10 heteroatoms. The molecular formula is C23H24N2O7S. The van der Waals surface area contributed by atoms with Crippen molar-refractivity contribution in [1.82, 2.24) is 9.71 Å². The molecule has 1 atom stereocenters. The summed E-state index contributed by atoms with van der Waals surface area (Å²) in [6, 6.07) is 10.3. The number of ether oxygens (including phenoxy) is 3. The van der Waals surface area contributed by atoms with Crippen LogP contribution in [-0.2, 0) is 19.6 Å². The molecule has 2 aromatic carbocycles. The first-order valence-electron chi connectivity index (χ1n) is 10.4. The fraction of sp³-hybridized carbons (Fsp3) is 0.304. The molecule has 1 unspecified atom stereocenters. The second-order valence-corrected chi connectivity index (χ2v) is 9.64. The van der Waals surface area contributed by atoms with Gasteiger partial charge in [-0.15, -0.1) is 0 Å². The van der Waals surface area contributed by atoms with E-state index in [4.69, 9.17) is 14.2 Å². The van der Waals surface area contributed by atoms with Crippen molar-refractivity contribution in [3.05, 3.63) is 54.2 Å². The number of carbonyl (C=O) groups is 2. The Hall–Kier alpha value is -3.37. The molecule has 0 bridgehead atoms. The number of carbonyl (C=O) groups excluding carboxylic acids is 2. The number of fused-ring (bicyclic) bond motifs is 2. The van der Waals surface area contributed by atoms with Crippen LogP contribution in [0.2, 0.25) is 0 Å². The minimum atomic E-state index is -4.07. The summed E-state index contributed by atoms with van der Waals surface area (Å²) in [4.78, 5) is 28.2. The van der Waals surface area contributed by atoms with E-state index in [-0.39, 0.29) is 4.90 Å². The average Bonchev–Trinajstić information content (AvgIpc) is 3.24. The van der Waals surface area contributed by atoms with Crippen molar-refractivity contribution >= 4 is 32.7 Å². The number of Topliss-reactive ketones (excluding diaryl/α,β-unsaturated/α-hetero) is 1. The summed E-state index contributed by atoms with van der Waals surface area (Å²) < 4.78 is 44.3. The first kappa shape index (κ1) is 22.8. The Morgan fingerprint density at radius 2 is 1.82 bits per heavy atom. The fourth-order valence-corrected chi connectivity index (χ4v) is 4.84. The van der Waals surface area contributed by atoms with Gasteiger partial charge < -0.3 is 19.2 Å². The lowest BCUT2D eigenvalue weighted by molar-refractivity contribution is -0.145. The number of H-pyrrole nitrogens is 1. The average molecular weight is 473 g/mol. The van der Waals surface area contributed by atoms with Crippen molar-refractivity contribution in [3.63, 3.8) is 0 Å². The van der Waals surface area contributed by atoms with E-state index in [1.165, 1.54) is 18.2 Å². The maximum Gasteiger partial charge on any atom is 0.324 e. The van der Waals surface area contributed by atoms with Crippen LogP contribution in [0.1, 0.15) is 24.2 Å². The highest BCUT2D eigenvalue weighted by Crippen LogP contribution is 2.32. The molecule has 0 fully saturated rings. The largest absolute Gasteiger partial charge is 0.486 e. The molecule has 1 aromatic heterocycles. The second kappa shape index (κ2) is 9.24. The molecule has 0 saturated carbocycles. The molecule has 2 N–H and O–H groups in total. The summed E-state index contributed by atoms with van der Waals surface area (Å²) in [5, 5.41) is 0.721. The summed E-state index contributed by atoms with van der Waals surface area (Å²) in [5.74, 6) is -0.877. The molecule has 9 nitrogen and oxygen atoms in total. The second-order valence-electron chi connectivity index (χ2n) is 7.93. The number of para-hydroxylation sites is 1. The fourth-order valence-electron chi connectivity index (χ4n) is 3.49. The molecule has 0 radical (unpaired) electrons. The highest BCUT2D eigenvalue weighted by molar-refractivity contribution is 7.89. The number of benzene rings is 2. The van der Waals surface area contributed by atoms with Gasteiger partial charge in [0.05, 0.1) is 4.90 Å². The van der Waals surface area contributed by atoms with Crippen molar-refractivity contribution in [3.8, 4) is 11.5 Å². The van der Waals surface area contributed by atoms with E-state index < -0.39 is 40.3 Å². The number of hydrogen-bond donors (Lipinski definition) is 2. The molecular weight excluding hydrogens is 448 g/mol. The molecule has 3 aromatic rings. The number of esters is 1. The number of sulfonamides is 1. The van der Waals surface area contributed by atoms with E-state index in [9.17, 15) is 18.0 Å². The van der Waals surface area contributed by atoms with E-state index in [1.54, 1.807) is 32.2 Å². The third-order valence-corrected chi connectivity index (χ3v) is 6.70. The lowest BCUT2D eigenvalue weighted by atomic mass is 10.1. The Balaban J connectivity index is 1.45. The standard InChI is InChI=1S/C23H24N2O7S/c1-14(2)22(25-33(28,29)15-7-8-20-21(11-15)31-10-9-30-20)23(27)32-13-19(26)17-12-24-18-6-4-3-5-16(17)18/h3-8,11-12,14,22,24-25H,9-10,13H2,1-2H3. The Bertz CT molecular complexity index is 1300. The van der Waals surface area contributed by atoms with Gasteiger partial charge in [-0.25, -0.2) is 8.42 Å². The van der Waals surface area contributed by atoms with Gasteiger partial charge in [-0.3, -0.25) is 9.59 Å². The molecule has 2 heterocycles. The topological polar surface area (TPSA) is 124 Å². The Morgan fingerprint density at radius 1 is 1.09 bits per heavy atom. The molecule has 0 spiro atoms. The van der Waals surface area contributed by atoms with E-state index in [2.05, 4.69) is 9.71 Å². The molecule has 0 saturated heterocycles. The summed E-state index contributed by atoms with van der Waals surface area (Å²) >= 11 is 0. The molecule has 4 rings (SSSR count). The first-order chi connectivity index (χ1) is 15.8. The first-order valence-corrected chi connectivity index (χ1v) is 11.9. The predicted octanol–water partition coefficient (Wildman–Crippen LogP) is 2.67. The Morgan fingerprint density at radius 3 is 2.58 bits per heavy atom. The lowest BCUT2D eigenvalue weighted by Crippen LogP contribution is -2.45. The number of aromatic amines is 1. The van der Waals surface area contributed by atoms with E-state index in [0.717, 1.165) is 10.9 Å². The summed E-state index contributed by atoms with van der Waals surface area (Å²) in [6.07, 6.45) is 1.56. The van der Waals surface area contributed by atoms with Crippen molar-refractivity contribution < 1.29 is 32.2 Å². The highest BCUT2D eigenvalue weighted by Gasteiger charge is 2.31. The quantitative estimate of drug-likeness (QED) is 0.382. The van der Waals surface area contributed by atoms with Crippen LogP contribution < -0.4 is 14.2 Å². The van der Waals surface area contributed by atoms with Crippen LogP contribution in [0.4, 0.5) is 0 Å². The van der Waals surface area contributed by atoms with Crippen LogP contribution in [0.25, 0.3) is 10.9 Å². The van der Waals surface area contributed by atoms with E-state index in [0.29, 0.717) is 30.3 Å². The van der Waals surface area contributed by atoms with Crippen LogP contribution in [0.5, 0.6) is 11.5 Å². The molecule has 1 aliphatic rings. The monoisotopic (exact) mass is 472 g/mol. The van der Waals surface area contributed by atoms with Crippen LogP contribution in [0.15, 0.2) is 53.6 Å². The summed E-state index contributed by atoms with van der Waals surface area (Å²) in [5.41, 5.74) is 1.19. The van der Waals surface area contributed by atoms with E-state index in [1.807, 2.05) is 12.1 Å². The van der Waals surface area contributed by atoms with Gasteiger partial charge in [0.2, 0.25) is 15.8 Å². The van der Waals surface area contributed by atoms with E-state index >= 15 is 0 Å². The lowest BCUT2D eigenvalue weighted by Gasteiger charge is -2.22. The SMILES string of the molecule is CC(C)C(NS(=O)(=O)c1ccc2c(c1)OCCO2)C(=O)OCC(=O)c1c[nH]c2ccccc12. The maximum absolute atomic E-state index is 12.9. The van der Waals surface area contributed by atoms with Crippen molar-refractivity contribution in [1.29, 1.82) is 0 Å². The van der Waals surface area contributed by atoms with Gasteiger partial charge in [-0.1, -0.05) is 32.0 Å². The molecule has 0 amide bonds. The molecule has 0 aliphatic carbocycles. The normalized spacial score (nSPS) is 14.3. The number of nitrogens with one attached hydrogen (secondary N) is 2. The summed E-state index contributed by atoms with van der Waals surface area (Å²) in [7, 11) is -4.07. The van der Waals surface area contributed by atoms with Gasteiger partial charge in [0.1, 0.15) is 19.3 Å². The van der Waals surface area contributed by atoms with Crippen LogP contribution in [0.3, 0.4) is 0 Å². The third-order valence-electron chi connectivity index (χ3n) is 5.26. The van der Waals surface area contributed by atoms with Crippen molar-refractivity contribution in [2.45, 2.75) is 24.8 Å². The van der Waals surface area contributed by atoms with Gasteiger partial charge in [-0.2, -0.15) is 4.72 Å². The molecule has 33 heavy (non-hydrogen) atoms. The number of rotatable bonds is 8. The zero-order valence-electron chi connectivity index (χ0n) is 18.2.